The number of carbonyl (C=O) groups excluding carboxylic acids is 2. The van der Waals surface area contributed by atoms with E-state index in [0.717, 1.165) is 18.4 Å². The fourth-order valence-corrected chi connectivity index (χ4v) is 3.63. The predicted molar refractivity (Wildman–Crippen MR) is 74.8 cm³/mol. The maximum atomic E-state index is 12.7. The number of amides is 2. The maximum Gasteiger partial charge on any atom is 0.305 e. The summed E-state index contributed by atoms with van der Waals surface area (Å²) in [6.07, 6.45) is 2.88. The second-order valence-corrected chi connectivity index (χ2v) is 5.87. The summed E-state index contributed by atoms with van der Waals surface area (Å²) in [5.41, 5.74) is 0.411. The average Bonchev–Trinajstić information content (AvgIpc) is 2.87. The third-order valence-corrected chi connectivity index (χ3v) is 4.53. The summed E-state index contributed by atoms with van der Waals surface area (Å²) < 4.78 is 0. The van der Waals surface area contributed by atoms with Gasteiger partial charge in [0.2, 0.25) is 5.91 Å². The Morgan fingerprint density at radius 2 is 1.86 bits per heavy atom. The number of benzene rings is 1. The minimum Gasteiger partial charge on any atom is -0.481 e. The number of carbonyl (C=O) groups is 3. The Balaban J connectivity index is 2.03. The number of hydrogen-bond donors (Lipinski definition) is 1. The summed E-state index contributed by atoms with van der Waals surface area (Å²) in [7, 11) is 0. The van der Waals surface area contributed by atoms with Crippen LogP contribution in [0, 0.1) is 0 Å². The van der Waals surface area contributed by atoms with Crippen molar-refractivity contribution >= 4 is 17.8 Å². The minimum absolute atomic E-state index is 0.160. The number of rotatable bonds is 3. The van der Waals surface area contributed by atoms with Crippen molar-refractivity contribution in [1.29, 1.82) is 0 Å². The van der Waals surface area contributed by atoms with Crippen LogP contribution < -0.4 is 0 Å². The predicted octanol–water partition coefficient (Wildman–Crippen LogP) is 2.00. The van der Waals surface area contributed by atoms with Gasteiger partial charge in [-0.2, -0.15) is 0 Å². The molecule has 2 aliphatic rings. The van der Waals surface area contributed by atoms with E-state index >= 15 is 0 Å². The van der Waals surface area contributed by atoms with Crippen LogP contribution >= 0.6 is 0 Å². The molecule has 0 atom stereocenters. The highest BCUT2D eigenvalue weighted by atomic mass is 16.4. The van der Waals surface area contributed by atoms with Gasteiger partial charge in [-0.1, -0.05) is 31.0 Å². The van der Waals surface area contributed by atoms with Crippen LogP contribution in [0.5, 0.6) is 0 Å². The minimum atomic E-state index is -0.962. The summed E-state index contributed by atoms with van der Waals surface area (Å²) >= 11 is 0. The van der Waals surface area contributed by atoms with Gasteiger partial charge in [0.05, 0.1) is 18.4 Å². The normalized spacial score (nSPS) is 20.5. The molecule has 0 radical (unpaired) electrons. The molecular formula is C16H17NO4. The lowest BCUT2D eigenvalue weighted by molar-refractivity contribution is -0.142. The van der Waals surface area contributed by atoms with Gasteiger partial charge >= 0.3 is 5.97 Å². The summed E-state index contributed by atoms with van der Waals surface area (Å²) in [6.45, 7) is 0. The van der Waals surface area contributed by atoms with Gasteiger partial charge in [-0.25, -0.2) is 0 Å². The number of aliphatic carboxylic acids is 1. The van der Waals surface area contributed by atoms with E-state index in [1.165, 1.54) is 4.90 Å². The molecule has 0 unspecified atom stereocenters. The van der Waals surface area contributed by atoms with Crippen LogP contribution in [0.3, 0.4) is 0 Å². The Bertz CT molecular complexity index is 616. The quantitative estimate of drug-likeness (QED) is 0.863. The molecule has 0 saturated heterocycles. The van der Waals surface area contributed by atoms with Crippen molar-refractivity contribution in [2.45, 2.75) is 44.1 Å². The maximum absolute atomic E-state index is 12.7. The van der Waals surface area contributed by atoms with Crippen molar-refractivity contribution in [3.63, 3.8) is 0 Å². The first-order chi connectivity index (χ1) is 10.0. The highest BCUT2D eigenvalue weighted by molar-refractivity contribution is 6.10. The third kappa shape index (κ3) is 2.22. The molecule has 0 aromatic heterocycles. The lowest BCUT2D eigenvalue weighted by atomic mass is 9.86. The van der Waals surface area contributed by atoms with Crippen LogP contribution in [0.15, 0.2) is 24.3 Å². The molecule has 1 aromatic carbocycles. The van der Waals surface area contributed by atoms with Crippen molar-refractivity contribution < 1.29 is 19.5 Å². The van der Waals surface area contributed by atoms with E-state index in [0.29, 0.717) is 18.4 Å². The first kappa shape index (κ1) is 13.8. The van der Waals surface area contributed by atoms with Gasteiger partial charge in [-0.15, -0.1) is 0 Å². The number of carboxylic acid groups (broad SMARTS) is 1. The van der Waals surface area contributed by atoms with Crippen LogP contribution in [-0.4, -0.2) is 33.3 Å². The zero-order valence-corrected chi connectivity index (χ0v) is 11.7. The zero-order valence-electron chi connectivity index (χ0n) is 11.7. The molecule has 1 fully saturated rings. The molecule has 1 N–H and O–H groups in total. The van der Waals surface area contributed by atoms with Gasteiger partial charge in [-0.05, 0) is 24.5 Å². The second kappa shape index (κ2) is 4.98. The molecule has 110 valence electrons. The summed E-state index contributed by atoms with van der Waals surface area (Å²) in [5.74, 6) is -1.58. The highest BCUT2D eigenvalue weighted by Crippen LogP contribution is 2.41. The first-order valence-corrected chi connectivity index (χ1v) is 7.21. The molecule has 1 aliphatic heterocycles. The number of imide groups is 1. The first-order valence-electron chi connectivity index (χ1n) is 7.21. The van der Waals surface area contributed by atoms with Crippen LogP contribution in [0.4, 0.5) is 0 Å². The standard InChI is InChI=1S/C16H17NO4/c18-13-9-11-5-1-2-6-12(11)15(21)17(13)16(10-14(19)20)7-3-4-8-16/h1-2,5-6H,3-4,7-10H2,(H,19,20). The van der Waals surface area contributed by atoms with Crippen LogP contribution in [0.1, 0.15) is 48.0 Å². The van der Waals surface area contributed by atoms with Gasteiger partial charge in [0.1, 0.15) is 0 Å². The second-order valence-electron chi connectivity index (χ2n) is 5.87. The topological polar surface area (TPSA) is 74.7 Å². The zero-order chi connectivity index (χ0) is 15.0. The monoisotopic (exact) mass is 287 g/mol. The van der Waals surface area contributed by atoms with Crippen molar-refractivity contribution in [3.8, 4) is 0 Å². The fraction of sp³-hybridized carbons (Fsp3) is 0.438. The molecule has 1 aliphatic carbocycles. The molecule has 5 nitrogen and oxygen atoms in total. The van der Waals surface area contributed by atoms with E-state index in [4.69, 9.17) is 0 Å². The average molecular weight is 287 g/mol. The van der Waals surface area contributed by atoms with Gasteiger partial charge in [0.15, 0.2) is 0 Å². The molecule has 1 aromatic rings. The summed E-state index contributed by atoms with van der Waals surface area (Å²) in [5, 5.41) is 9.19. The van der Waals surface area contributed by atoms with E-state index in [9.17, 15) is 19.5 Å². The van der Waals surface area contributed by atoms with Crippen LogP contribution in [0.25, 0.3) is 0 Å². The van der Waals surface area contributed by atoms with E-state index in [-0.39, 0.29) is 24.7 Å². The molecule has 1 saturated carbocycles. The van der Waals surface area contributed by atoms with Gasteiger partial charge in [0.25, 0.3) is 5.91 Å². The Kier molecular flexibility index (Phi) is 3.27. The van der Waals surface area contributed by atoms with Crippen molar-refractivity contribution in [3.05, 3.63) is 35.4 Å². The van der Waals surface area contributed by atoms with Gasteiger partial charge in [0, 0.05) is 5.56 Å². The molecule has 1 heterocycles. The Hall–Kier alpha value is -2.17. The Morgan fingerprint density at radius 3 is 2.52 bits per heavy atom. The fourth-order valence-electron chi connectivity index (χ4n) is 3.63. The molecule has 5 heteroatoms. The summed E-state index contributed by atoms with van der Waals surface area (Å²) in [6, 6.07) is 7.06. The van der Waals surface area contributed by atoms with Gasteiger partial charge < -0.3 is 5.11 Å². The lowest BCUT2D eigenvalue weighted by Crippen LogP contribution is -2.56. The summed E-state index contributed by atoms with van der Waals surface area (Å²) in [4.78, 5) is 37.6. The van der Waals surface area contributed by atoms with E-state index in [2.05, 4.69) is 0 Å². The number of carboxylic acids is 1. The van der Waals surface area contributed by atoms with Crippen molar-refractivity contribution in [2.75, 3.05) is 0 Å². The molecule has 0 spiro atoms. The number of nitrogens with zero attached hydrogens (tertiary/aromatic N) is 1. The van der Waals surface area contributed by atoms with Crippen LogP contribution in [0.2, 0.25) is 0 Å². The van der Waals surface area contributed by atoms with Gasteiger partial charge in [-0.3, -0.25) is 19.3 Å². The molecule has 2 amide bonds. The third-order valence-electron chi connectivity index (χ3n) is 4.53. The van der Waals surface area contributed by atoms with Crippen LogP contribution in [-0.2, 0) is 16.0 Å². The number of hydrogen-bond acceptors (Lipinski definition) is 3. The number of fused-ring (bicyclic) bond motifs is 1. The molecule has 21 heavy (non-hydrogen) atoms. The molecule has 0 bridgehead atoms. The SMILES string of the molecule is O=C(O)CC1(N2C(=O)Cc3ccccc3C2=O)CCCC1. The van der Waals surface area contributed by atoms with Crippen molar-refractivity contribution in [1.82, 2.24) is 4.90 Å². The van der Waals surface area contributed by atoms with E-state index in [1.807, 2.05) is 0 Å². The largest absolute Gasteiger partial charge is 0.481 e. The molecule has 3 rings (SSSR count). The molecular weight excluding hydrogens is 270 g/mol. The lowest BCUT2D eigenvalue weighted by Gasteiger charge is -2.41. The van der Waals surface area contributed by atoms with E-state index < -0.39 is 11.5 Å². The van der Waals surface area contributed by atoms with E-state index in [1.54, 1.807) is 24.3 Å². The Morgan fingerprint density at radius 1 is 1.19 bits per heavy atom. The Labute approximate surface area is 122 Å². The van der Waals surface area contributed by atoms with Crippen molar-refractivity contribution in [2.24, 2.45) is 0 Å². The highest BCUT2D eigenvalue weighted by Gasteiger charge is 2.48. The smallest absolute Gasteiger partial charge is 0.305 e.